The molecule has 0 aromatic carbocycles. The van der Waals surface area contributed by atoms with E-state index in [1.54, 1.807) is 0 Å². The van der Waals surface area contributed by atoms with Crippen molar-refractivity contribution in [2.75, 3.05) is 6.61 Å². The summed E-state index contributed by atoms with van der Waals surface area (Å²) in [5, 5.41) is 0. The van der Waals surface area contributed by atoms with E-state index in [0.717, 1.165) is 25.9 Å². The van der Waals surface area contributed by atoms with Gasteiger partial charge in [-0.25, -0.2) is 0 Å². The van der Waals surface area contributed by atoms with Crippen LogP contribution >= 0.6 is 0 Å². The van der Waals surface area contributed by atoms with Crippen LogP contribution in [-0.2, 0) is 14.3 Å². The van der Waals surface area contributed by atoms with Crippen LogP contribution in [-0.4, -0.2) is 24.8 Å². The molecule has 1 aliphatic heterocycles. The maximum atomic E-state index is 11.4. The summed E-state index contributed by atoms with van der Waals surface area (Å²) in [6.07, 6.45) is 3.51. The monoisotopic (exact) mass is 184 g/mol. The summed E-state index contributed by atoms with van der Waals surface area (Å²) in [5.41, 5.74) is 0. The van der Waals surface area contributed by atoms with Crippen molar-refractivity contribution in [2.45, 2.75) is 45.0 Å². The highest BCUT2D eigenvalue weighted by atomic mass is 16.7. The lowest BCUT2D eigenvalue weighted by Crippen LogP contribution is -2.32. The Labute approximate surface area is 78.4 Å². The fraction of sp³-hybridized carbons (Fsp3) is 0.900. The quantitative estimate of drug-likeness (QED) is 0.667. The van der Waals surface area contributed by atoms with Crippen LogP contribution in [0, 0.1) is 5.92 Å². The number of Topliss-reactive ketones (excluding diaryl/α,β-unsaturated/α-hetero) is 1. The summed E-state index contributed by atoms with van der Waals surface area (Å²) in [7, 11) is 0. The predicted molar refractivity (Wildman–Crippen MR) is 47.3 cm³/mol. The first-order valence-corrected chi connectivity index (χ1v) is 5.05. The maximum Gasteiger partial charge on any atom is 0.164 e. The molecule has 3 nitrogen and oxygen atoms in total. The predicted octanol–water partition coefficient (Wildman–Crippen LogP) is 1.51. The van der Waals surface area contributed by atoms with Crippen molar-refractivity contribution in [3.05, 3.63) is 0 Å². The van der Waals surface area contributed by atoms with E-state index in [4.69, 9.17) is 9.47 Å². The van der Waals surface area contributed by atoms with Crippen LogP contribution in [0.2, 0.25) is 0 Å². The SMILES string of the molecule is CC1CCOC(CC(=O)C2CC2)O1. The summed E-state index contributed by atoms with van der Waals surface area (Å²) in [6, 6.07) is 0. The summed E-state index contributed by atoms with van der Waals surface area (Å²) in [6.45, 7) is 2.75. The largest absolute Gasteiger partial charge is 0.352 e. The van der Waals surface area contributed by atoms with Crippen molar-refractivity contribution in [2.24, 2.45) is 5.92 Å². The van der Waals surface area contributed by atoms with Gasteiger partial charge in [0.15, 0.2) is 6.29 Å². The molecule has 0 aromatic rings. The average Bonchev–Trinajstić information content (AvgIpc) is 2.85. The molecule has 1 saturated heterocycles. The van der Waals surface area contributed by atoms with Gasteiger partial charge in [0.2, 0.25) is 0 Å². The molecule has 0 amide bonds. The summed E-state index contributed by atoms with van der Waals surface area (Å²) in [4.78, 5) is 11.4. The molecule has 1 aliphatic carbocycles. The van der Waals surface area contributed by atoms with Gasteiger partial charge in [0, 0.05) is 5.92 Å². The molecule has 0 bridgehead atoms. The van der Waals surface area contributed by atoms with Crippen molar-refractivity contribution in [3.8, 4) is 0 Å². The molecule has 3 heteroatoms. The third-order valence-electron chi connectivity index (χ3n) is 2.61. The van der Waals surface area contributed by atoms with Crippen LogP contribution < -0.4 is 0 Å². The lowest BCUT2D eigenvalue weighted by atomic mass is 10.2. The molecule has 2 unspecified atom stereocenters. The fourth-order valence-corrected chi connectivity index (χ4v) is 1.58. The minimum Gasteiger partial charge on any atom is -0.352 e. The fourth-order valence-electron chi connectivity index (χ4n) is 1.58. The minimum absolute atomic E-state index is 0.241. The molecule has 74 valence electrons. The van der Waals surface area contributed by atoms with E-state index in [1.165, 1.54) is 0 Å². The Morgan fingerprint density at radius 1 is 1.38 bits per heavy atom. The zero-order valence-corrected chi connectivity index (χ0v) is 7.99. The van der Waals surface area contributed by atoms with E-state index in [1.807, 2.05) is 6.92 Å². The topological polar surface area (TPSA) is 35.5 Å². The van der Waals surface area contributed by atoms with Crippen LogP contribution in [0.4, 0.5) is 0 Å². The van der Waals surface area contributed by atoms with Crippen LogP contribution in [0.3, 0.4) is 0 Å². The number of rotatable bonds is 3. The Hall–Kier alpha value is -0.410. The smallest absolute Gasteiger partial charge is 0.164 e. The molecular weight excluding hydrogens is 168 g/mol. The first-order chi connectivity index (χ1) is 6.25. The van der Waals surface area contributed by atoms with Gasteiger partial charge in [-0.2, -0.15) is 0 Å². The highest BCUT2D eigenvalue weighted by molar-refractivity contribution is 5.83. The first-order valence-electron chi connectivity index (χ1n) is 5.05. The Morgan fingerprint density at radius 2 is 2.15 bits per heavy atom. The molecule has 0 N–H and O–H groups in total. The lowest BCUT2D eigenvalue weighted by molar-refractivity contribution is -0.209. The number of hydrogen-bond donors (Lipinski definition) is 0. The third-order valence-corrected chi connectivity index (χ3v) is 2.61. The van der Waals surface area contributed by atoms with E-state index < -0.39 is 0 Å². The zero-order chi connectivity index (χ0) is 9.26. The van der Waals surface area contributed by atoms with Gasteiger partial charge in [0.1, 0.15) is 5.78 Å². The molecule has 2 atom stereocenters. The highest BCUT2D eigenvalue weighted by Crippen LogP contribution is 2.32. The summed E-state index contributed by atoms with van der Waals surface area (Å²) < 4.78 is 10.8. The molecule has 0 aromatic heterocycles. The van der Waals surface area contributed by atoms with Gasteiger partial charge in [-0.15, -0.1) is 0 Å². The van der Waals surface area contributed by atoms with Crippen LogP contribution in [0.25, 0.3) is 0 Å². The van der Waals surface area contributed by atoms with Crippen molar-refractivity contribution in [1.82, 2.24) is 0 Å². The second kappa shape index (κ2) is 3.76. The minimum atomic E-state index is -0.267. The molecule has 2 fully saturated rings. The summed E-state index contributed by atoms with van der Waals surface area (Å²) >= 11 is 0. The molecular formula is C10H16O3. The number of hydrogen-bond acceptors (Lipinski definition) is 3. The van der Waals surface area contributed by atoms with Gasteiger partial charge >= 0.3 is 0 Å². The zero-order valence-electron chi connectivity index (χ0n) is 7.99. The second-order valence-electron chi connectivity index (χ2n) is 3.98. The van der Waals surface area contributed by atoms with E-state index in [-0.39, 0.29) is 12.4 Å². The van der Waals surface area contributed by atoms with E-state index in [0.29, 0.717) is 18.1 Å². The normalized spacial score (nSPS) is 34.5. The van der Waals surface area contributed by atoms with Gasteiger partial charge in [-0.05, 0) is 26.2 Å². The molecule has 1 saturated carbocycles. The number of ether oxygens (including phenoxy) is 2. The second-order valence-corrected chi connectivity index (χ2v) is 3.98. The van der Waals surface area contributed by atoms with Crippen LogP contribution in [0.5, 0.6) is 0 Å². The van der Waals surface area contributed by atoms with Gasteiger partial charge in [-0.3, -0.25) is 4.79 Å². The van der Waals surface area contributed by atoms with E-state index in [9.17, 15) is 4.79 Å². The Balaban J connectivity index is 1.76. The van der Waals surface area contributed by atoms with Crippen LogP contribution in [0.1, 0.15) is 32.6 Å². The maximum absolute atomic E-state index is 11.4. The Morgan fingerprint density at radius 3 is 2.77 bits per heavy atom. The van der Waals surface area contributed by atoms with Gasteiger partial charge < -0.3 is 9.47 Å². The average molecular weight is 184 g/mol. The van der Waals surface area contributed by atoms with E-state index >= 15 is 0 Å². The molecule has 2 aliphatic rings. The molecule has 0 radical (unpaired) electrons. The lowest BCUT2D eigenvalue weighted by Gasteiger charge is -2.27. The molecule has 2 rings (SSSR count). The molecule has 13 heavy (non-hydrogen) atoms. The number of ketones is 1. The van der Waals surface area contributed by atoms with Crippen molar-refractivity contribution in [1.29, 1.82) is 0 Å². The molecule has 0 spiro atoms. The van der Waals surface area contributed by atoms with Gasteiger partial charge in [-0.1, -0.05) is 0 Å². The molecule has 1 heterocycles. The Bertz CT molecular complexity index is 198. The van der Waals surface area contributed by atoms with Crippen molar-refractivity contribution in [3.63, 3.8) is 0 Å². The first kappa shape index (κ1) is 9.16. The summed E-state index contributed by atoms with van der Waals surface area (Å²) in [5.74, 6) is 0.642. The Kier molecular flexibility index (Phi) is 2.65. The van der Waals surface area contributed by atoms with Crippen LogP contribution in [0.15, 0.2) is 0 Å². The van der Waals surface area contributed by atoms with Gasteiger partial charge in [0.05, 0.1) is 19.1 Å². The van der Waals surface area contributed by atoms with Crippen molar-refractivity contribution >= 4 is 5.78 Å². The third kappa shape index (κ3) is 2.51. The highest BCUT2D eigenvalue weighted by Gasteiger charge is 2.32. The van der Waals surface area contributed by atoms with Gasteiger partial charge in [0.25, 0.3) is 0 Å². The standard InChI is InChI=1S/C10H16O3/c1-7-4-5-12-10(13-7)6-9(11)8-2-3-8/h7-8,10H,2-6H2,1H3. The number of carbonyl (C=O) groups is 1. The van der Waals surface area contributed by atoms with Crippen molar-refractivity contribution < 1.29 is 14.3 Å². The number of carbonyl (C=O) groups excluding carboxylic acids is 1. The van der Waals surface area contributed by atoms with E-state index in [2.05, 4.69) is 0 Å².